The quantitative estimate of drug-likeness (QED) is 0.761. The third-order valence-electron chi connectivity index (χ3n) is 2.97. The van der Waals surface area contributed by atoms with Gasteiger partial charge in [0.05, 0.1) is 18.1 Å². The summed E-state index contributed by atoms with van der Waals surface area (Å²) < 4.78 is 1.98. The molecule has 0 saturated heterocycles. The van der Waals surface area contributed by atoms with Gasteiger partial charge >= 0.3 is 5.97 Å². The Balaban J connectivity index is 2.27. The number of pyridine rings is 1. The van der Waals surface area contributed by atoms with E-state index in [4.69, 9.17) is 5.11 Å². The first kappa shape index (κ1) is 11.4. The topological polar surface area (TPSA) is 67.5 Å². The minimum Gasteiger partial charge on any atom is -0.476 e. The molecule has 0 amide bonds. The molecule has 1 N–H and O–H groups in total. The van der Waals surface area contributed by atoms with E-state index in [1.807, 2.05) is 41.8 Å². The number of carboxylic acids is 1. The lowest BCUT2D eigenvalue weighted by molar-refractivity contribution is 0.0690. The minimum atomic E-state index is -1.08. The molecule has 0 saturated carbocycles. The van der Waals surface area contributed by atoms with Crippen molar-refractivity contribution in [2.75, 3.05) is 0 Å². The Kier molecular flexibility index (Phi) is 2.52. The fourth-order valence-electron chi connectivity index (χ4n) is 2.17. The van der Waals surface area contributed by atoms with Gasteiger partial charge in [-0.05, 0) is 30.7 Å². The van der Waals surface area contributed by atoms with Gasteiger partial charge in [-0.25, -0.2) is 9.78 Å². The number of fused-ring (bicyclic) bond motifs is 1. The standard InChI is InChI=1S/C14H11N3O2/c1-9-6-10-4-2-3-5-17(10)13(9)11-7-15-8-12(16-11)14(18)19/h2-8H,1H3,(H,18,19). The number of aromatic nitrogens is 3. The molecule has 0 fully saturated rings. The van der Waals surface area contributed by atoms with Gasteiger partial charge in [0.2, 0.25) is 0 Å². The maximum absolute atomic E-state index is 11.0. The molecule has 0 radical (unpaired) electrons. The Morgan fingerprint density at radius 2 is 2.16 bits per heavy atom. The fraction of sp³-hybridized carbons (Fsp3) is 0.0714. The maximum Gasteiger partial charge on any atom is 0.356 e. The molecule has 0 aromatic carbocycles. The Morgan fingerprint density at radius 1 is 1.32 bits per heavy atom. The zero-order valence-electron chi connectivity index (χ0n) is 10.2. The molecule has 0 aliphatic heterocycles. The first-order valence-electron chi connectivity index (χ1n) is 5.79. The number of hydrogen-bond donors (Lipinski definition) is 1. The van der Waals surface area contributed by atoms with Crippen molar-refractivity contribution in [3.63, 3.8) is 0 Å². The molecule has 94 valence electrons. The predicted molar refractivity (Wildman–Crippen MR) is 70.1 cm³/mol. The van der Waals surface area contributed by atoms with Crippen LogP contribution < -0.4 is 0 Å². The van der Waals surface area contributed by atoms with Gasteiger partial charge in [-0.3, -0.25) is 4.98 Å². The van der Waals surface area contributed by atoms with E-state index < -0.39 is 5.97 Å². The molecule has 3 aromatic heterocycles. The van der Waals surface area contributed by atoms with Crippen LogP contribution in [0.1, 0.15) is 16.1 Å². The first-order chi connectivity index (χ1) is 9.16. The molecule has 0 bridgehead atoms. The van der Waals surface area contributed by atoms with E-state index in [1.165, 1.54) is 6.20 Å². The molecule has 3 heterocycles. The van der Waals surface area contributed by atoms with Gasteiger partial charge in [0.25, 0.3) is 0 Å². The van der Waals surface area contributed by atoms with Crippen LogP contribution in [0.25, 0.3) is 16.9 Å². The molecular weight excluding hydrogens is 242 g/mol. The van der Waals surface area contributed by atoms with Crippen LogP contribution in [0.5, 0.6) is 0 Å². The van der Waals surface area contributed by atoms with Crippen molar-refractivity contribution in [1.29, 1.82) is 0 Å². The van der Waals surface area contributed by atoms with Crippen molar-refractivity contribution in [2.45, 2.75) is 6.92 Å². The van der Waals surface area contributed by atoms with Gasteiger partial charge in [-0.2, -0.15) is 0 Å². The molecule has 3 rings (SSSR count). The summed E-state index contributed by atoms with van der Waals surface area (Å²) in [6.45, 7) is 1.97. The molecule has 0 atom stereocenters. The minimum absolute atomic E-state index is 0.0530. The summed E-state index contributed by atoms with van der Waals surface area (Å²) in [4.78, 5) is 19.1. The number of aromatic carboxylic acids is 1. The molecule has 0 spiro atoms. The zero-order valence-corrected chi connectivity index (χ0v) is 10.2. The van der Waals surface area contributed by atoms with Gasteiger partial charge in [0.15, 0.2) is 5.69 Å². The molecule has 3 aromatic rings. The molecule has 19 heavy (non-hydrogen) atoms. The van der Waals surface area contributed by atoms with E-state index in [0.717, 1.165) is 16.8 Å². The summed E-state index contributed by atoms with van der Waals surface area (Å²) in [5, 5.41) is 8.98. The average Bonchev–Trinajstić information content (AvgIpc) is 2.74. The summed E-state index contributed by atoms with van der Waals surface area (Å²) in [6, 6.07) is 7.90. The second-order valence-corrected chi connectivity index (χ2v) is 4.27. The number of nitrogens with zero attached hydrogens (tertiary/aromatic N) is 3. The monoisotopic (exact) mass is 253 g/mol. The second kappa shape index (κ2) is 4.20. The lowest BCUT2D eigenvalue weighted by Gasteiger charge is -2.04. The zero-order chi connectivity index (χ0) is 13.4. The smallest absolute Gasteiger partial charge is 0.356 e. The van der Waals surface area contributed by atoms with Crippen molar-refractivity contribution in [3.8, 4) is 11.4 Å². The van der Waals surface area contributed by atoms with Gasteiger partial charge in [0, 0.05) is 11.7 Å². The van der Waals surface area contributed by atoms with Crippen molar-refractivity contribution in [3.05, 3.63) is 54.1 Å². The molecule has 0 aliphatic rings. The fourth-order valence-corrected chi connectivity index (χ4v) is 2.17. The third-order valence-corrected chi connectivity index (χ3v) is 2.97. The van der Waals surface area contributed by atoms with E-state index in [2.05, 4.69) is 9.97 Å². The lowest BCUT2D eigenvalue weighted by atomic mass is 10.2. The van der Waals surface area contributed by atoms with E-state index in [1.54, 1.807) is 6.20 Å². The summed E-state index contributed by atoms with van der Waals surface area (Å²) in [6.07, 6.45) is 4.75. The van der Waals surface area contributed by atoms with E-state index >= 15 is 0 Å². The van der Waals surface area contributed by atoms with Gasteiger partial charge < -0.3 is 9.51 Å². The van der Waals surface area contributed by atoms with Crippen LogP contribution in [-0.2, 0) is 0 Å². The second-order valence-electron chi connectivity index (χ2n) is 4.27. The van der Waals surface area contributed by atoms with E-state index in [-0.39, 0.29) is 5.69 Å². The normalized spacial score (nSPS) is 10.8. The van der Waals surface area contributed by atoms with Crippen LogP contribution in [0, 0.1) is 6.92 Å². The first-order valence-corrected chi connectivity index (χ1v) is 5.79. The highest BCUT2D eigenvalue weighted by molar-refractivity contribution is 5.85. The Morgan fingerprint density at radius 3 is 2.95 bits per heavy atom. The third kappa shape index (κ3) is 1.85. The van der Waals surface area contributed by atoms with Gasteiger partial charge in [-0.15, -0.1) is 0 Å². The predicted octanol–water partition coefficient (Wildman–Crippen LogP) is 2.40. The van der Waals surface area contributed by atoms with Gasteiger partial charge in [0.1, 0.15) is 5.69 Å². The average molecular weight is 253 g/mol. The number of hydrogen-bond acceptors (Lipinski definition) is 3. The van der Waals surface area contributed by atoms with Gasteiger partial charge in [-0.1, -0.05) is 6.07 Å². The Bertz CT molecular complexity index is 777. The lowest BCUT2D eigenvalue weighted by Crippen LogP contribution is -2.03. The van der Waals surface area contributed by atoms with Crippen LogP contribution in [-0.4, -0.2) is 25.4 Å². The molecule has 0 aliphatic carbocycles. The summed E-state index contributed by atoms with van der Waals surface area (Å²) in [5.41, 5.74) is 3.44. The molecule has 5 nitrogen and oxygen atoms in total. The summed E-state index contributed by atoms with van der Waals surface area (Å²) in [5.74, 6) is -1.08. The molecule has 5 heteroatoms. The maximum atomic E-state index is 11.0. The summed E-state index contributed by atoms with van der Waals surface area (Å²) >= 11 is 0. The van der Waals surface area contributed by atoms with Crippen LogP contribution in [0.15, 0.2) is 42.9 Å². The number of carbonyl (C=O) groups is 1. The summed E-state index contributed by atoms with van der Waals surface area (Å²) in [7, 11) is 0. The van der Waals surface area contributed by atoms with Crippen molar-refractivity contribution in [1.82, 2.24) is 14.4 Å². The Hall–Kier alpha value is -2.69. The van der Waals surface area contributed by atoms with Crippen molar-refractivity contribution >= 4 is 11.5 Å². The number of aryl methyl sites for hydroxylation is 1. The van der Waals surface area contributed by atoms with E-state index in [9.17, 15) is 4.79 Å². The van der Waals surface area contributed by atoms with Crippen LogP contribution in [0.2, 0.25) is 0 Å². The largest absolute Gasteiger partial charge is 0.476 e. The van der Waals surface area contributed by atoms with Crippen molar-refractivity contribution in [2.24, 2.45) is 0 Å². The molecule has 0 unspecified atom stereocenters. The highest BCUT2D eigenvalue weighted by atomic mass is 16.4. The highest BCUT2D eigenvalue weighted by Gasteiger charge is 2.13. The van der Waals surface area contributed by atoms with Crippen LogP contribution in [0.3, 0.4) is 0 Å². The van der Waals surface area contributed by atoms with Crippen LogP contribution in [0.4, 0.5) is 0 Å². The van der Waals surface area contributed by atoms with E-state index in [0.29, 0.717) is 5.69 Å². The molecular formula is C14H11N3O2. The highest BCUT2D eigenvalue weighted by Crippen LogP contribution is 2.25. The Labute approximate surface area is 109 Å². The van der Waals surface area contributed by atoms with Crippen LogP contribution >= 0.6 is 0 Å². The number of carboxylic acid groups (broad SMARTS) is 1. The van der Waals surface area contributed by atoms with Crippen molar-refractivity contribution < 1.29 is 9.90 Å². The SMILES string of the molecule is Cc1cc2ccccn2c1-c1cncc(C(=O)O)n1. The number of rotatable bonds is 2.